The van der Waals surface area contributed by atoms with Crippen LogP contribution in [0.2, 0.25) is 0 Å². The van der Waals surface area contributed by atoms with Gasteiger partial charge in [-0.3, -0.25) is 9.59 Å². The van der Waals surface area contributed by atoms with Crippen LogP contribution in [0, 0.1) is 0 Å². The van der Waals surface area contributed by atoms with Crippen LogP contribution in [0.15, 0.2) is 24.3 Å². The molecule has 1 aromatic rings. The van der Waals surface area contributed by atoms with Gasteiger partial charge in [0.2, 0.25) is 0 Å². The van der Waals surface area contributed by atoms with Crippen LogP contribution < -0.4 is 4.74 Å². The number of benzene rings is 1. The molecular formula is C13H16O5. The van der Waals surface area contributed by atoms with Crippen LogP contribution in [-0.4, -0.2) is 28.3 Å². The second kappa shape index (κ2) is 6.05. The predicted molar refractivity (Wildman–Crippen MR) is 64.8 cm³/mol. The zero-order valence-corrected chi connectivity index (χ0v) is 10.3. The first-order valence-electron chi connectivity index (χ1n) is 5.61. The van der Waals surface area contributed by atoms with Crippen LogP contribution >= 0.6 is 0 Å². The molecule has 0 unspecified atom stereocenters. The van der Waals surface area contributed by atoms with E-state index in [9.17, 15) is 9.59 Å². The van der Waals surface area contributed by atoms with E-state index in [0.717, 1.165) is 0 Å². The van der Waals surface area contributed by atoms with E-state index in [0.29, 0.717) is 11.3 Å². The third-order valence-electron chi connectivity index (χ3n) is 2.33. The molecule has 0 radical (unpaired) electrons. The molecule has 5 heteroatoms. The molecule has 1 aromatic carbocycles. The van der Waals surface area contributed by atoms with Crippen molar-refractivity contribution in [2.24, 2.45) is 0 Å². The van der Waals surface area contributed by atoms with Crippen molar-refractivity contribution in [1.82, 2.24) is 0 Å². The Labute approximate surface area is 105 Å². The maximum atomic E-state index is 11.0. The van der Waals surface area contributed by atoms with E-state index >= 15 is 0 Å². The molecule has 0 aliphatic rings. The second-order valence-corrected chi connectivity index (χ2v) is 4.22. The lowest BCUT2D eigenvalue weighted by Gasteiger charge is -2.13. The minimum atomic E-state index is -1.14. The summed E-state index contributed by atoms with van der Waals surface area (Å²) in [6.45, 7) is 3.77. The molecule has 0 aromatic heterocycles. The molecule has 0 bridgehead atoms. The highest BCUT2D eigenvalue weighted by molar-refractivity contribution is 5.82. The lowest BCUT2D eigenvalue weighted by Crippen LogP contribution is -2.15. The van der Waals surface area contributed by atoms with E-state index in [4.69, 9.17) is 14.9 Å². The summed E-state index contributed by atoms with van der Waals surface area (Å²) in [6, 6.07) is 6.46. The first kappa shape index (κ1) is 14.0. The first-order chi connectivity index (χ1) is 8.40. The van der Waals surface area contributed by atoms with Crippen LogP contribution in [0.5, 0.6) is 5.75 Å². The fraction of sp³-hybridized carbons (Fsp3) is 0.385. The zero-order chi connectivity index (χ0) is 13.7. The third kappa shape index (κ3) is 4.08. The van der Waals surface area contributed by atoms with Crippen molar-refractivity contribution in [1.29, 1.82) is 0 Å². The zero-order valence-electron chi connectivity index (χ0n) is 10.3. The van der Waals surface area contributed by atoms with E-state index in [2.05, 4.69) is 0 Å². The first-order valence-corrected chi connectivity index (χ1v) is 5.61. The lowest BCUT2D eigenvalue weighted by molar-refractivity contribution is -0.145. The van der Waals surface area contributed by atoms with Gasteiger partial charge in [0.25, 0.3) is 0 Å². The summed E-state index contributed by atoms with van der Waals surface area (Å²) in [6.07, 6.45) is -0.398. The van der Waals surface area contributed by atoms with Crippen LogP contribution in [0.4, 0.5) is 0 Å². The largest absolute Gasteiger partial charge is 0.491 e. The van der Waals surface area contributed by atoms with Gasteiger partial charge < -0.3 is 14.9 Å². The molecule has 18 heavy (non-hydrogen) atoms. The minimum Gasteiger partial charge on any atom is -0.491 e. The molecule has 0 amide bonds. The van der Waals surface area contributed by atoms with Crippen LogP contribution in [0.25, 0.3) is 0 Å². The summed E-state index contributed by atoms with van der Waals surface area (Å²) in [7, 11) is 0. The number of carbonyl (C=O) groups is 2. The van der Waals surface area contributed by atoms with Gasteiger partial charge in [-0.05, 0) is 31.5 Å². The van der Waals surface area contributed by atoms with Crippen molar-refractivity contribution >= 4 is 11.9 Å². The SMILES string of the molecule is CC(C)Oc1ccc([C@@H](CC(=O)O)C(=O)O)cc1. The number of ether oxygens (including phenoxy) is 1. The molecule has 98 valence electrons. The summed E-state index contributed by atoms with van der Waals surface area (Å²) in [5.41, 5.74) is 0.459. The van der Waals surface area contributed by atoms with E-state index in [-0.39, 0.29) is 6.10 Å². The number of aliphatic carboxylic acids is 2. The number of hydrogen-bond acceptors (Lipinski definition) is 3. The van der Waals surface area contributed by atoms with Gasteiger partial charge in [0.15, 0.2) is 0 Å². The maximum Gasteiger partial charge on any atom is 0.311 e. The van der Waals surface area contributed by atoms with Gasteiger partial charge in [0.05, 0.1) is 18.4 Å². The Kier molecular flexibility index (Phi) is 4.71. The summed E-state index contributed by atoms with van der Waals surface area (Å²) >= 11 is 0. The Morgan fingerprint density at radius 3 is 2.11 bits per heavy atom. The molecule has 0 aliphatic carbocycles. The standard InChI is InChI=1S/C13H16O5/c1-8(2)18-10-5-3-9(4-6-10)11(13(16)17)7-12(14)15/h3-6,8,11H,7H2,1-2H3,(H,14,15)(H,16,17)/t11-/m1/s1. The number of hydrogen-bond donors (Lipinski definition) is 2. The minimum absolute atomic E-state index is 0.0325. The molecule has 0 saturated carbocycles. The molecule has 1 atom stereocenters. The third-order valence-corrected chi connectivity index (χ3v) is 2.33. The summed E-state index contributed by atoms with van der Waals surface area (Å²) in [5.74, 6) is -2.68. The van der Waals surface area contributed by atoms with Crippen molar-refractivity contribution in [3.05, 3.63) is 29.8 Å². The average Bonchev–Trinajstić information content (AvgIpc) is 2.26. The van der Waals surface area contributed by atoms with E-state index in [1.165, 1.54) is 0 Å². The highest BCUT2D eigenvalue weighted by Gasteiger charge is 2.22. The molecule has 1 rings (SSSR count). The van der Waals surface area contributed by atoms with E-state index < -0.39 is 24.3 Å². The van der Waals surface area contributed by atoms with E-state index in [1.807, 2.05) is 13.8 Å². The van der Waals surface area contributed by atoms with Crippen molar-refractivity contribution in [2.75, 3.05) is 0 Å². The van der Waals surface area contributed by atoms with Gasteiger partial charge in [0, 0.05) is 0 Å². The van der Waals surface area contributed by atoms with Gasteiger partial charge in [0.1, 0.15) is 5.75 Å². The van der Waals surface area contributed by atoms with Crippen LogP contribution in [0.1, 0.15) is 31.7 Å². The highest BCUT2D eigenvalue weighted by atomic mass is 16.5. The van der Waals surface area contributed by atoms with Crippen molar-refractivity contribution in [2.45, 2.75) is 32.3 Å². The topological polar surface area (TPSA) is 83.8 Å². The normalized spacial score (nSPS) is 12.2. The summed E-state index contributed by atoms with van der Waals surface area (Å²) in [4.78, 5) is 21.6. The quantitative estimate of drug-likeness (QED) is 0.810. The van der Waals surface area contributed by atoms with Crippen LogP contribution in [0.3, 0.4) is 0 Å². The maximum absolute atomic E-state index is 11.0. The Morgan fingerprint density at radius 1 is 1.17 bits per heavy atom. The van der Waals surface area contributed by atoms with Gasteiger partial charge in [-0.25, -0.2) is 0 Å². The highest BCUT2D eigenvalue weighted by Crippen LogP contribution is 2.23. The fourth-order valence-corrected chi connectivity index (χ4v) is 1.57. The molecule has 0 heterocycles. The molecule has 0 spiro atoms. The van der Waals surface area contributed by atoms with Gasteiger partial charge >= 0.3 is 11.9 Å². The predicted octanol–water partition coefficient (Wildman–Crippen LogP) is 2.12. The monoisotopic (exact) mass is 252 g/mol. The van der Waals surface area contributed by atoms with Gasteiger partial charge in [-0.1, -0.05) is 12.1 Å². The number of carboxylic acids is 2. The number of rotatable bonds is 6. The molecule has 0 fully saturated rings. The Balaban J connectivity index is 2.86. The van der Waals surface area contributed by atoms with Crippen molar-refractivity contribution < 1.29 is 24.5 Å². The Bertz CT molecular complexity index is 422. The van der Waals surface area contributed by atoms with E-state index in [1.54, 1.807) is 24.3 Å². The lowest BCUT2D eigenvalue weighted by atomic mass is 9.96. The van der Waals surface area contributed by atoms with Crippen molar-refractivity contribution in [3.63, 3.8) is 0 Å². The Hall–Kier alpha value is -2.04. The second-order valence-electron chi connectivity index (χ2n) is 4.22. The van der Waals surface area contributed by atoms with Crippen LogP contribution in [-0.2, 0) is 9.59 Å². The number of carboxylic acid groups (broad SMARTS) is 2. The molecule has 2 N–H and O–H groups in total. The van der Waals surface area contributed by atoms with Crippen molar-refractivity contribution in [3.8, 4) is 5.75 Å². The summed E-state index contributed by atoms with van der Waals surface area (Å²) < 4.78 is 5.43. The van der Waals surface area contributed by atoms with Gasteiger partial charge in [-0.15, -0.1) is 0 Å². The summed E-state index contributed by atoms with van der Waals surface area (Å²) in [5, 5.41) is 17.7. The molecule has 0 aliphatic heterocycles. The average molecular weight is 252 g/mol. The fourth-order valence-electron chi connectivity index (χ4n) is 1.57. The molecule has 0 saturated heterocycles. The molecular weight excluding hydrogens is 236 g/mol. The molecule has 5 nitrogen and oxygen atoms in total. The Morgan fingerprint density at radius 2 is 1.72 bits per heavy atom. The van der Waals surface area contributed by atoms with Gasteiger partial charge in [-0.2, -0.15) is 0 Å². The smallest absolute Gasteiger partial charge is 0.311 e.